The Morgan fingerprint density at radius 1 is 0.838 bits per heavy atom. The number of halogens is 1. The second-order valence-electron chi connectivity index (χ2n) is 10.4. The van der Waals surface area contributed by atoms with Crippen LogP contribution in [0.25, 0.3) is 0 Å². The highest BCUT2D eigenvalue weighted by molar-refractivity contribution is 5.91. The average molecular weight is 513 g/mol. The highest BCUT2D eigenvalue weighted by Crippen LogP contribution is 2.30. The molecular formula is C32H45FO4. The van der Waals surface area contributed by atoms with E-state index in [2.05, 4.69) is 13.8 Å². The molecule has 0 saturated carbocycles. The van der Waals surface area contributed by atoms with E-state index in [9.17, 15) is 9.18 Å². The van der Waals surface area contributed by atoms with Gasteiger partial charge in [-0.2, -0.15) is 0 Å². The molecule has 0 spiro atoms. The topological polar surface area (TPSA) is 44.8 Å². The van der Waals surface area contributed by atoms with E-state index in [1.807, 2.05) is 12.1 Å². The van der Waals surface area contributed by atoms with Gasteiger partial charge in [0, 0.05) is 11.5 Å². The molecule has 0 amide bonds. The maximum atomic E-state index is 14.9. The summed E-state index contributed by atoms with van der Waals surface area (Å²) in [6.07, 6.45) is 15.2. The number of hydrogen-bond acceptors (Lipinski definition) is 4. The highest BCUT2D eigenvalue weighted by atomic mass is 19.1. The fraction of sp³-hybridized carbons (Fsp3) is 0.594. The van der Waals surface area contributed by atoms with Crippen molar-refractivity contribution in [2.45, 2.75) is 104 Å². The van der Waals surface area contributed by atoms with Crippen molar-refractivity contribution >= 4 is 5.97 Å². The molecule has 3 rings (SSSR count). The van der Waals surface area contributed by atoms with Gasteiger partial charge in [-0.05, 0) is 49.1 Å². The standard InChI is InChI=1S/C32H45FO4/c1-3-5-7-9-10-11-13-15-26-23-35-32(36-24-26)29-21-18-27(22-30(29)33)31(34)37-28-19-16-25(17-20-28)14-12-8-6-4-2/h16-22,26,32H,3-15,23-24H2,1-2H3. The normalized spacial score (nSPS) is 17.6. The minimum absolute atomic E-state index is 0.164. The molecule has 1 saturated heterocycles. The van der Waals surface area contributed by atoms with E-state index in [0.717, 1.165) is 19.3 Å². The molecule has 2 aromatic rings. The summed E-state index contributed by atoms with van der Waals surface area (Å²) in [6.45, 7) is 5.57. The molecule has 4 nitrogen and oxygen atoms in total. The summed E-state index contributed by atoms with van der Waals surface area (Å²) in [6, 6.07) is 11.9. The molecule has 0 radical (unpaired) electrons. The molecule has 204 valence electrons. The molecule has 0 aromatic heterocycles. The number of benzene rings is 2. The van der Waals surface area contributed by atoms with Gasteiger partial charge in [0.15, 0.2) is 6.29 Å². The lowest BCUT2D eigenvalue weighted by Gasteiger charge is -2.30. The number of ether oxygens (including phenoxy) is 3. The third kappa shape index (κ3) is 10.2. The number of esters is 1. The molecule has 0 aliphatic carbocycles. The number of rotatable bonds is 16. The Kier molecular flexibility index (Phi) is 13.1. The number of unbranched alkanes of at least 4 members (excludes halogenated alkanes) is 9. The van der Waals surface area contributed by atoms with Crippen LogP contribution in [0.15, 0.2) is 42.5 Å². The van der Waals surface area contributed by atoms with Gasteiger partial charge in [0.25, 0.3) is 0 Å². The summed E-state index contributed by atoms with van der Waals surface area (Å²) >= 11 is 0. The molecule has 1 heterocycles. The number of carbonyl (C=O) groups excluding carboxylic acids is 1. The minimum Gasteiger partial charge on any atom is -0.423 e. The molecule has 0 N–H and O–H groups in total. The molecule has 0 bridgehead atoms. The van der Waals surface area contributed by atoms with Crippen LogP contribution < -0.4 is 4.74 Å². The van der Waals surface area contributed by atoms with Crippen molar-refractivity contribution in [3.8, 4) is 5.75 Å². The van der Waals surface area contributed by atoms with Gasteiger partial charge in [-0.25, -0.2) is 9.18 Å². The van der Waals surface area contributed by atoms with Gasteiger partial charge in [0.2, 0.25) is 0 Å². The molecule has 0 unspecified atom stereocenters. The van der Waals surface area contributed by atoms with E-state index < -0.39 is 18.1 Å². The van der Waals surface area contributed by atoms with Crippen LogP contribution in [0, 0.1) is 11.7 Å². The van der Waals surface area contributed by atoms with Crippen LogP contribution in [0.1, 0.15) is 119 Å². The Bertz CT molecular complexity index is 919. The van der Waals surface area contributed by atoms with Crippen LogP contribution in [-0.4, -0.2) is 19.2 Å². The summed E-state index contributed by atoms with van der Waals surface area (Å²) in [5.74, 6) is -0.293. The Balaban J connectivity index is 1.41. The lowest BCUT2D eigenvalue weighted by atomic mass is 10.0. The van der Waals surface area contributed by atoms with Crippen LogP contribution in [0.3, 0.4) is 0 Å². The van der Waals surface area contributed by atoms with E-state index in [1.165, 1.54) is 75.8 Å². The molecule has 0 atom stereocenters. The highest BCUT2D eigenvalue weighted by Gasteiger charge is 2.26. The predicted molar refractivity (Wildman–Crippen MR) is 146 cm³/mol. The van der Waals surface area contributed by atoms with E-state index in [-0.39, 0.29) is 5.56 Å². The molecule has 2 aromatic carbocycles. The molecular weight excluding hydrogens is 467 g/mol. The largest absolute Gasteiger partial charge is 0.423 e. The quantitative estimate of drug-likeness (QED) is 0.128. The Labute approximate surface area is 222 Å². The first kappa shape index (κ1) is 29.3. The number of hydrogen-bond donors (Lipinski definition) is 0. The molecule has 1 fully saturated rings. The van der Waals surface area contributed by atoms with E-state index in [1.54, 1.807) is 24.3 Å². The average Bonchev–Trinajstić information content (AvgIpc) is 2.92. The van der Waals surface area contributed by atoms with Crippen LogP contribution in [-0.2, 0) is 15.9 Å². The molecule has 5 heteroatoms. The van der Waals surface area contributed by atoms with Crippen LogP contribution >= 0.6 is 0 Å². The van der Waals surface area contributed by atoms with Crippen molar-refractivity contribution in [3.63, 3.8) is 0 Å². The van der Waals surface area contributed by atoms with Gasteiger partial charge < -0.3 is 14.2 Å². The first-order valence-corrected chi connectivity index (χ1v) is 14.4. The van der Waals surface area contributed by atoms with E-state index >= 15 is 0 Å². The van der Waals surface area contributed by atoms with Crippen molar-refractivity contribution in [2.24, 2.45) is 5.92 Å². The van der Waals surface area contributed by atoms with Gasteiger partial charge in [-0.3, -0.25) is 0 Å². The van der Waals surface area contributed by atoms with Gasteiger partial charge in [0.1, 0.15) is 11.6 Å². The monoisotopic (exact) mass is 512 g/mol. The fourth-order valence-electron chi connectivity index (χ4n) is 4.77. The second-order valence-corrected chi connectivity index (χ2v) is 10.4. The van der Waals surface area contributed by atoms with Crippen molar-refractivity contribution in [1.29, 1.82) is 0 Å². The zero-order chi connectivity index (χ0) is 26.3. The van der Waals surface area contributed by atoms with E-state index in [4.69, 9.17) is 14.2 Å². The second kappa shape index (κ2) is 16.6. The Morgan fingerprint density at radius 2 is 1.46 bits per heavy atom. The molecule has 37 heavy (non-hydrogen) atoms. The number of carbonyl (C=O) groups is 1. The minimum atomic E-state index is -0.736. The Morgan fingerprint density at radius 3 is 2.11 bits per heavy atom. The fourth-order valence-corrected chi connectivity index (χ4v) is 4.77. The summed E-state index contributed by atoms with van der Waals surface area (Å²) in [7, 11) is 0. The van der Waals surface area contributed by atoms with Crippen molar-refractivity contribution in [2.75, 3.05) is 13.2 Å². The third-order valence-electron chi connectivity index (χ3n) is 7.13. The van der Waals surface area contributed by atoms with Gasteiger partial charge in [-0.15, -0.1) is 0 Å². The third-order valence-corrected chi connectivity index (χ3v) is 7.13. The first-order valence-electron chi connectivity index (χ1n) is 14.4. The summed E-state index contributed by atoms with van der Waals surface area (Å²) in [5, 5.41) is 0. The zero-order valence-electron chi connectivity index (χ0n) is 22.8. The van der Waals surface area contributed by atoms with Crippen molar-refractivity contribution in [3.05, 3.63) is 65.0 Å². The first-order chi connectivity index (χ1) is 18.1. The number of aryl methyl sites for hydroxylation is 1. The van der Waals surface area contributed by atoms with E-state index in [0.29, 0.717) is 30.4 Å². The molecule has 1 aliphatic rings. The van der Waals surface area contributed by atoms with Crippen LogP contribution in [0.5, 0.6) is 5.75 Å². The van der Waals surface area contributed by atoms with Gasteiger partial charge in [0.05, 0.1) is 18.8 Å². The SMILES string of the molecule is CCCCCCCCCC1COC(c2ccc(C(=O)Oc3ccc(CCCCCC)cc3)cc2F)OC1. The van der Waals surface area contributed by atoms with Crippen LogP contribution in [0.2, 0.25) is 0 Å². The lowest BCUT2D eigenvalue weighted by Crippen LogP contribution is -2.27. The van der Waals surface area contributed by atoms with Gasteiger partial charge in [-0.1, -0.05) is 96.3 Å². The summed E-state index contributed by atoms with van der Waals surface area (Å²) < 4.78 is 32.0. The zero-order valence-corrected chi connectivity index (χ0v) is 22.8. The molecule has 1 aliphatic heterocycles. The smallest absolute Gasteiger partial charge is 0.343 e. The summed E-state index contributed by atoms with van der Waals surface area (Å²) in [5.41, 5.74) is 1.71. The Hall–Kier alpha value is -2.24. The maximum Gasteiger partial charge on any atom is 0.343 e. The summed E-state index contributed by atoms with van der Waals surface area (Å²) in [4.78, 5) is 12.6. The van der Waals surface area contributed by atoms with Gasteiger partial charge >= 0.3 is 5.97 Å². The predicted octanol–water partition coefficient (Wildman–Crippen LogP) is 8.97. The van der Waals surface area contributed by atoms with Crippen LogP contribution in [0.4, 0.5) is 4.39 Å². The lowest BCUT2D eigenvalue weighted by molar-refractivity contribution is -0.207. The van der Waals surface area contributed by atoms with Crippen molar-refractivity contribution in [1.82, 2.24) is 0 Å². The van der Waals surface area contributed by atoms with Crippen molar-refractivity contribution < 1.29 is 23.4 Å². The maximum absolute atomic E-state index is 14.9.